The van der Waals surface area contributed by atoms with Crippen LogP contribution in [-0.4, -0.2) is 26.4 Å². The number of hydrogen-bond acceptors (Lipinski definition) is 6. The maximum absolute atomic E-state index is 12.4. The minimum Gasteiger partial charge on any atom is -0.316 e. The van der Waals surface area contributed by atoms with Crippen molar-refractivity contribution in [2.24, 2.45) is 13.0 Å². The molecule has 0 spiro atoms. The first-order valence-corrected chi connectivity index (χ1v) is 10.7. The Hall–Kier alpha value is -1.85. The van der Waals surface area contributed by atoms with Crippen LogP contribution in [-0.2, 0) is 24.7 Å². The number of aromatic nitrogens is 3. The quantitative estimate of drug-likeness (QED) is 0.794. The molecule has 1 amide bonds. The number of nitriles is 1. The standard InChI is InChI=1S/C18H21N5OS2/c1-10-3-6-12-13(8-19)17(26-14(12)7-10)20-15(24)9-25-18-22-21-16(23(18)2)11-4-5-11/h10-11H,3-7,9H2,1-2H3,(H,20,24)/t10-/m0/s1. The number of nitrogens with one attached hydrogen (secondary N) is 1. The fourth-order valence-electron chi connectivity index (χ4n) is 3.40. The number of amides is 1. The maximum Gasteiger partial charge on any atom is 0.235 e. The van der Waals surface area contributed by atoms with Crippen molar-refractivity contribution < 1.29 is 4.79 Å². The molecule has 8 heteroatoms. The summed E-state index contributed by atoms with van der Waals surface area (Å²) in [5, 5.41) is 22.4. The fraction of sp³-hybridized carbons (Fsp3) is 0.556. The van der Waals surface area contributed by atoms with Gasteiger partial charge in [0.1, 0.15) is 16.9 Å². The molecule has 0 radical (unpaired) electrons. The van der Waals surface area contributed by atoms with Crippen molar-refractivity contribution in [2.75, 3.05) is 11.1 Å². The zero-order valence-electron chi connectivity index (χ0n) is 14.9. The van der Waals surface area contributed by atoms with E-state index in [1.54, 1.807) is 11.3 Å². The third-order valence-corrected chi connectivity index (χ3v) is 7.21. The number of nitrogens with zero attached hydrogens (tertiary/aromatic N) is 4. The van der Waals surface area contributed by atoms with Crippen molar-refractivity contribution in [3.05, 3.63) is 21.8 Å². The van der Waals surface area contributed by atoms with E-state index in [9.17, 15) is 10.1 Å². The van der Waals surface area contributed by atoms with Crippen LogP contribution in [0.1, 0.15) is 53.9 Å². The van der Waals surface area contributed by atoms with Gasteiger partial charge in [-0.2, -0.15) is 5.26 Å². The van der Waals surface area contributed by atoms with E-state index < -0.39 is 0 Å². The van der Waals surface area contributed by atoms with E-state index >= 15 is 0 Å². The Bertz CT molecular complexity index is 890. The van der Waals surface area contributed by atoms with Crippen molar-refractivity contribution in [3.63, 3.8) is 0 Å². The van der Waals surface area contributed by atoms with E-state index in [4.69, 9.17) is 0 Å². The molecule has 2 aromatic heterocycles. The van der Waals surface area contributed by atoms with Crippen LogP contribution in [0.15, 0.2) is 5.16 Å². The number of anilines is 1. The second kappa shape index (κ2) is 7.05. The van der Waals surface area contributed by atoms with Crippen molar-refractivity contribution in [3.8, 4) is 6.07 Å². The van der Waals surface area contributed by atoms with Gasteiger partial charge < -0.3 is 9.88 Å². The summed E-state index contributed by atoms with van der Waals surface area (Å²) in [5.41, 5.74) is 1.80. The lowest BCUT2D eigenvalue weighted by molar-refractivity contribution is -0.113. The number of thiophene rings is 1. The molecule has 2 aliphatic carbocycles. The molecule has 26 heavy (non-hydrogen) atoms. The van der Waals surface area contributed by atoms with Crippen LogP contribution in [0, 0.1) is 17.2 Å². The first-order chi connectivity index (χ1) is 12.6. The second-order valence-corrected chi connectivity index (χ2v) is 9.23. The highest BCUT2D eigenvalue weighted by atomic mass is 32.2. The van der Waals surface area contributed by atoms with Crippen LogP contribution in [0.25, 0.3) is 0 Å². The van der Waals surface area contributed by atoms with Gasteiger partial charge >= 0.3 is 0 Å². The van der Waals surface area contributed by atoms with E-state index in [-0.39, 0.29) is 11.7 Å². The molecular weight excluding hydrogens is 366 g/mol. The molecule has 2 heterocycles. The summed E-state index contributed by atoms with van der Waals surface area (Å²) < 4.78 is 1.99. The zero-order chi connectivity index (χ0) is 18.3. The number of fused-ring (bicyclic) bond motifs is 1. The number of rotatable bonds is 5. The SMILES string of the molecule is C[C@H]1CCc2c(sc(NC(=O)CSc3nnc(C4CC4)n3C)c2C#N)C1. The summed E-state index contributed by atoms with van der Waals surface area (Å²) >= 11 is 2.95. The van der Waals surface area contributed by atoms with Crippen LogP contribution in [0.4, 0.5) is 5.00 Å². The number of carbonyl (C=O) groups excluding carboxylic acids is 1. The maximum atomic E-state index is 12.4. The predicted octanol–water partition coefficient (Wildman–Crippen LogP) is 3.48. The van der Waals surface area contributed by atoms with E-state index in [1.807, 2.05) is 11.6 Å². The molecule has 2 aromatic rings. The average Bonchev–Trinajstić information content (AvgIpc) is 3.30. The predicted molar refractivity (Wildman–Crippen MR) is 103 cm³/mol. The van der Waals surface area contributed by atoms with Crippen LogP contribution < -0.4 is 5.32 Å². The minimum atomic E-state index is -0.103. The monoisotopic (exact) mass is 387 g/mol. The molecule has 1 fully saturated rings. The third-order valence-electron chi connectivity index (χ3n) is 5.02. The van der Waals surface area contributed by atoms with Crippen LogP contribution in [0.2, 0.25) is 0 Å². The molecule has 2 aliphatic rings. The van der Waals surface area contributed by atoms with Gasteiger partial charge in [-0.05, 0) is 43.6 Å². The van der Waals surface area contributed by atoms with Gasteiger partial charge in [-0.15, -0.1) is 21.5 Å². The molecule has 0 bridgehead atoms. The van der Waals surface area contributed by atoms with Crippen molar-refractivity contribution >= 4 is 34.0 Å². The summed E-state index contributed by atoms with van der Waals surface area (Å²) in [5.74, 6) is 2.35. The van der Waals surface area contributed by atoms with Crippen molar-refractivity contribution in [1.29, 1.82) is 5.26 Å². The molecule has 0 aromatic carbocycles. The zero-order valence-corrected chi connectivity index (χ0v) is 16.5. The highest BCUT2D eigenvalue weighted by Gasteiger charge is 2.29. The molecule has 1 N–H and O–H groups in total. The summed E-state index contributed by atoms with van der Waals surface area (Å²) in [6.07, 6.45) is 5.40. The highest BCUT2D eigenvalue weighted by Crippen LogP contribution is 2.40. The van der Waals surface area contributed by atoms with E-state index in [0.29, 0.717) is 22.4 Å². The Morgan fingerprint density at radius 2 is 2.23 bits per heavy atom. The summed E-state index contributed by atoms with van der Waals surface area (Å²) in [7, 11) is 1.95. The van der Waals surface area contributed by atoms with Gasteiger partial charge in [-0.25, -0.2) is 0 Å². The van der Waals surface area contributed by atoms with Crippen LogP contribution in [0.3, 0.4) is 0 Å². The molecule has 136 valence electrons. The van der Waals surface area contributed by atoms with E-state index in [0.717, 1.165) is 35.8 Å². The lowest BCUT2D eigenvalue weighted by atomic mass is 9.89. The molecule has 0 unspecified atom stereocenters. The van der Waals surface area contributed by atoms with Gasteiger partial charge in [-0.1, -0.05) is 18.7 Å². The molecular formula is C18H21N5OS2. The Morgan fingerprint density at radius 3 is 2.96 bits per heavy atom. The Balaban J connectivity index is 1.41. The van der Waals surface area contributed by atoms with Gasteiger partial charge in [0.15, 0.2) is 5.16 Å². The minimum absolute atomic E-state index is 0.103. The van der Waals surface area contributed by atoms with Crippen LogP contribution in [0.5, 0.6) is 0 Å². The Morgan fingerprint density at radius 1 is 1.42 bits per heavy atom. The molecule has 0 saturated heterocycles. The smallest absolute Gasteiger partial charge is 0.235 e. The van der Waals surface area contributed by atoms with Gasteiger partial charge in [0, 0.05) is 17.8 Å². The molecule has 0 aliphatic heterocycles. The largest absolute Gasteiger partial charge is 0.316 e. The van der Waals surface area contributed by atoms with Gasteiger partial charge in [0.2, 0.25) is 5.91 Å². The Kier molecular flexibility index (Phi) is 4.76. The van der Waals surface area contributed by atoms with E-state index in [1.165, 1.54) is 29.5 Å². The van der Waals surface area contributed by atoms with Crippen molar-refractivity contribution in [1.82, 2.24) is 14.8 Å². The number of carbonyl (C=O) groups is 1. The Labute approximate surface area is 161 Å². The molecule has 1 atom stereocenters. The molecule has 6 nitrogen and oxygen atoms in total. The number of thioether (sulfide) groups is 1. The average molecular weight is 388 g/mol. The summed E-state index contributed by atoms with van der Waals surface area (Å²) in [6.45, 7) is 2.24. The van der Waals surface area contributed by atoms with Gasteiger partial charge in [0.05, 0.1) is 11.3 Å². The first-order valence-electron chi connectivity index (χ1n) is 8.93. The lowest BCUT2D eigenvalue weighted by Crippen LogP contribution is -2.14. The summed E-state index contributed by atoms with van der Waals surface area (Å²) in [4.78, 5) is 13.7. The van der Waals surface area contributed by atoms with E-state index in [2.05, 4.69) is 28.5 Å². The topological polar surface area (TPSA) is 83.6 Å². The van der Waals surface area contributed by atoms with Gasteiger partial charge in [-0.3, -0.25) is 4.79 Å². The van der Waals surface area contributed by atoms with Crippen molar-refractivity contribution in [2.45, 2.75) is 50.1 Å². The normalized spacial score (nSPS) is 19.0. The summed E-state index contributed by atoms with van der Waals surface area (Å²) in [6, 6.07) is 2.29. The number of hydrogen-bond donors (Lipinski definition) is 1. The van der Waals surface area contributed by atoms with Crippen LogP contribution >= 0.6 is 23.1 Å². The fourth-order valence-corrected chi connectivity index (χ4v) is 5.49. The molecule has 4 rings (SSSR count). The highest BCUT2D eigenvalue weighted by molar-refractivity contribution is 7.99. The van der Waals surface area contributed by atoms with Gasteiger partial charge in [0.25, 0.3) is 0 Å². The first kappa shape index (κ1) is 17.6. The molecule has 1 saturated carbocycles. The second-order valence-electron chi connectivity index (χ2n) is 7.18. The lowest BCUT2D eigenvalue weighted by Gasteiger charge is -2.17. The third kappa shape index (κ3) is 3.38.